The van der Waals surface area contributed by atoms with Crippen molar-refractivity contribution in [2.24, 2.45) is 5.41 Å². The van der Waals surface area contributed by atoms with Gasteiger partial charge in [0.15, 0.2) is 0 Å². The van der Waals surface area contributed by atoms with E-state index in [-0.39, 0.29) is 5.97 Å². The van der Waals surface area contributed by atoms with E-state index in [1.165, 1.54) is 5.56 Å². The predicted octanol–water partition coefficient (Wildman–Crippen LogP) is 5.59. The van der Waals surface area contributed by atoms with Crippen LogP contribution in [0.1, 0.15) is 32.0 Å². The number of aromatic nitrogens is 2. The second-order valence-corrected chi connectivity index (χ2v) is 8.61. The molecule has 0 fully saturated rings. The molecule has 0 atom stereocenters. The summed E-state index contributed by atoms with van der Waals surface area (Å²) in [6, 6.07) is 18.0. The van der Waals surface area contributed by atoms with Crippen LogP contribution in [-0.4, -0.2) is 15.7 Å². The van der Waals surface area contributed by atoms with E-state index in [0.29, 0.717) is 5.88 Å². The molecular weight excluding hydrogens is 356 g/mol. The summed E-state index contributed by atoms with van der Waals surface area (Å²) in [5.41, 5.74) is 2.27. The zero-order valence-corrected chi connectivity index (χ0v) is 17.1. The number of ether oxygens (including phenoxy) is 1. The van der Waals surface area contributed by atoms with Crippen molar-refractivity contribution >= 4 is 17.7 Å². The number of hydrogen-bond donors (Lipinski definition) is 0. The minimum atomic E-state index is -0.606. The van der Waals surface area contributed by atoms with Crippen LogP contribution >= 0.6 is 11.8 Å². The molecule has 0 spiro atoms. The van der Waals surface area contributed by atoms with Crippen molar-refractivity contribution < 1.29 is 9.53 Å². The number of hydrogen-bond acceptors (Lipinski definition) is 4. The number of carbonyl (C=O) groups is 1. The van der Waals surface area contributed by atoms with Gasteiger partial charge >= 0.3 is 5.97 Å². The molecule has 0 aliphatic heterocycles. The second kappa shape index (κ2) is 7.61. The highest BCUT2D eigenvalue weighted by Gasteiger charge is 2.28. The lowest BCUT2D eigenvalue weighted by atomic mass is 9.97. The maximum Gasteiger partial charge on any atom is 0.317 e. The zero-order chi connectivity index (χ0) is 19.6. The summed E-state index contributed by atoms with van der Waals surface area (Å²) in [7, 11) is 0. The normalized spacial score (nSPS) is 11.4. The number of nitrogens with zero attached hydrogens (tertiary/aromatic N) is 2. The van der Waals surface area contributed by atoms with Crippen molar-refractivity contribution in [3.05, 3.63) is 65.9 Å². The minimum Gasteiger partial charge on any atom is -0.406 e. The molecule has 0 radical (unpaired) electrons. The SMILES string of the molecule is Cc1ccc(Sc2c(C)nn(-c3ccccc3)c2OC(=O)C(C)(C)C)cc1. The summed E-state index contributed by atoms with van der Waals surface area (Å²) < 4.78 is 7.56. The Kier molecular flexibility index (Phi) is 5.42. The fourth-order valence-electron chi connectivity index (χ4n) is 2.41. The average molecular weight is 381 g/mol. The Morgan fingerprint density at radius 3 is 2.22 bits per heavy atom. The number of aryl methyl sites for hydroxylation is 2. The molecule has 1 heterocycles. The molecule has 3 rings (SSSR count). The molecule has 3 aromatic rings. The predicted molar refractivity (Wildman–Crippen MR) is 109 cm³/mol. The van der Waals surface area contributed by atoms with E-state index in [2.05, 4.69) is 36.3 Å². The van der Waals surface area contributed by atoms with Crippen LogP contribution in [0.25, 0.3) is 5.69 Å². The van der Waals surface area contributed by atoms with Crippen LogP contribution in [0.2, 0.25) is 0 Å². The standard InChI is InChI=1S/C22H24N2O2S/c1-15-11-13-18(14-12-15)27-19-16(2)23-24(17-9-7-6-8-10-17)20(19)26-21(25)22(3,4)5/h6-14H,1-5H3. The van der Waals surface area contributed by atoms with Gasteiger partial charge in [-0.25, -0.2) is 0 Å². The van der Waals surface area contributed by atoms with Crippen molar-refractivity contribution in [1.29, 1.82) is 0 Å². The van der Waals surface area contributed by atoms with Gasteiger partial charge in [0.25, 0.3) is 0 Å². The number of benzene rings is 2. The topological polar surface area (TPSA) is 44.1 Å². The molecule has 0 aliphatic rings. The van der Waals surface area contributed by atoms with E-state index < -0.39 is 5.41 Å². The van der Waals surface area contributed by atoms with Gasteiger partial charge in [-0.1, -0.05) is 47.7 Å². The Morgan fingerprint density at radius 2 is 1.63 bits per heavy atom. The Labute approximate surface area is 164 Å². The third-order valence-electron chi connectivity index (χ3n) is 4.01. The van der Waals surface area contributed by atoms with Gasteiger partial charge in [-0.3, -0.25) is 4.79 Å². The summed E-state index contributed by atoms with van der Waals surface area (Å²) in [6.45, 7) is 9.53. The highest BCUT2D eigenvalue weighted by Crippen LogP contribution is 2.39. The Morgan fingerprint density at radius 1 is 1.00 bits per heavy atom. The van der Waals surface area contributed by atoms with Gasteiger partial charge in [0.1, 0.15) is 0 Å². The van der Waals surface area contributed by atoms with Crippen molar-refractivity contribution in [1.82, 2.24) is 9.78 Å². The van der Waals surface area contributed by atoms with Gasteiger partial charge in [-0.2, -0.15) is 9.78 Å². The molecule has 5 heteroatoms. The van der Waals surface area contributed by atoms with Gasteiger partial charge in [0.2, 0.25) is 5.88 Å². The molecule has 0 saturated heterocycles. The molecule has 0 bridgehead atoms. The smallest absolute Gasteiger partial charge is 0.317 e. The number of rotatable bonds is 4. The van der Waals surface area contributed by atoms with Gasteiger partial charge in [0.05, 0.1) is 21.7 Å². The lowest BCUT2D eigenvalue weighted by molar-refractivity contribution is -0.143. The molecule has 0 unspecified atom stereocenters. The first-order chi connectivity index (χ1) is 12.8. The summed E-state index contributed by atoms with van der Waals surface area (Å²) in [6.07, 6.45) is 0. The highest BCUT2D eigenvalue weighted by molar-refractivity contribution is 7.99. The fourth-order valence-corrected chi connectivity index (χ4v) is 3.32. The highest BCUT2D eigenvalue weighted by atomic mass is 32.2. The lowest BCUT2D eigenvalue weighted by Crippen LogP contribution is -2.26. The minimum absolute atomic E-state index is 0.287. The lowest BCUT2D eigenvalue weighted by Gasteiger charge is -2.17. The van der Waals surface area contributed by atoms with Crippen LogP contribution in [0.4, 0.5) is 0 Å². The van der Waals surface area contributed by atoms with E-state index in [1.807, 2.05) is 58.0 Å². The van der Waals surface area contributed by atoms with E-state index in [1.54, 1.807) is 16.4 Å². The van der Waals surface area contributed by atoms with Crippen LogP contribution in [0, 0.1) is 19.3 Å². The molecule has 140 valence electrons. The number of esters is 1. The quantitative estimate of drug-likeness (QED) is 0.553. The van der Waals surface area contributed by atoms with Crippen LogP contribution in [-0.2, 0) is 4.79 Å². The number of carbonyl (C=O) groups excluding carboxylic acids is 1. The third kappa shape index (κ3) is 4.42. The summed E-state index contributed by atoms with van der Waals surface area (Å²) >= 11 is 1.56. The summed E-state index contributed by atoms with van der Waals surface area (Å²) in [5.74, 6) is 0.175. The average Bonchev–Trinajstić information content (AvgIpc) is 2.93. The van der Waals surface area contributed by atoms with Crippen LogP contribution in [0.3, 0.4) is 0 Å². The molecule has 2 aromatic carbocycles. The first-order valence-corrected chi connectivity index (χ1v) is 9.69. The van der Waals surface area contributed by atoms with Crippen LogP contribution < -0.4 is 4.74 Å². The first-order valence-electron chi connectivity index (χ1n) is 8.87. The van der Waals surface area contributed by atoms with Gasteiger partial charge < -0.3 is 4.74 Å². The maximum absolute atomic E-state index is 12.6. The molecule has 27 heavy (non-hydrogen) atoms. The van der Waals surface area contributed by atoms with Crippen molar-refractivity contribution in [3.8, 4) is 11.6 Å². The van der Waals surface area contributed by atoms with E-state index >= 15 is 0 Å². The fraction of sp³-hybridized carbons (Fsp3) is 0.273. The van der Waals surface area contributed by atoms with Crippen LogP contribution in [0.5, 0.6) is 5.88 Å². The second-order valence-electron chi connectivity index (χ2n) is 7.52. The monoisotopic (exact) mass is 380 g/mol. The molecule has 1 aromatic heterocycles. The summed E-state index contributed by atoms with van der Waals surface area (Å²) in [4.78, 5) is 14.5. The van der Waals surface area contributed by atoms with E-state index in [9.17, 15) is 4.79 Å². The van der Waals surface area contributed by atoms with Crippen molar-refractivity contribution in [3.63, 3.8) is 0 Å². The van der Waals surface area contributed by atoms with E-state index in [4.69, 9.17) is 4.74 Å². The van der Waals surface area contributed by atoms with Crippen molar-refractivity contribution in [2.75, 3.05) is 0 Å². The van der Waals surface area contributed by atoms with Gasteiger partial charge in [0, 0.05) is 4.90 Å². The Bertz CT molecular complexity index is 939. The largest absolute Gasteiger partial charge is 0.406 e. The molecule has 0 saturated carbocycles. The molecule has 0 N–H and O–H groups in total. The third-order valence-corrected chi connectivity index (χ3v) is 5.19. The molecular formula is C22H24N2O2S. The van der Waals surface area contributed by atoms with Gasteiger partial charge in [-0.05, 0) is 58.9 Å². The van der Waals surface area contributed by atoms with Crippen LogP contribution in [0.15, 0.2) is 64.4 Å². The zero-order valence-electron chi connectivity index (χ0n) is 16.3. The molecule has 0 aliphatic carbocycles. The Balaban J connectivity index is 2.07. The first kappa shape index (κ1) is 19.2. The van der Waals surface area contributed by atoms with Gasteiger partial charge in [-0.15, -0.1) is 0 Å². The molecule has 4 nitrogen and oxygen atoms in total. The van der Waals surface area contributed by atoms with Crippen molar-refractivity contribution in [2.45, 2.75) is 44.4 Å². The summed E-state index contributed by atoms with van der Waals surface area (Å²) in [5, 5.41) is 4.65. The Hall–Kier alpha value is -2.53. The van der Waals surface area contributed by atoms with E-state index in [0.717, 1.165) is 21.2 Å². The maximum atomic E-state index is 12.6. The number of para-hydroxylation sites is 1. The molecule has 0 amide bonds.